The maximum Gasteiger partial charge on any atom is 0.323 e. The summed E-state index contributed by atoms with van der Waals surface area (Å²) in [5, 5.41) is 5.91. The summed E-state index contributed by atoms with van der Waals surface area (Å²) in [5.74, 6) is 0.839. The first-order valence-corrected chi connectivity index (χ1v) is 7.71. The molecule has 19 heavy (non-hydrogen) atoms. The molecule has 2 atom stereocenters. The van der Waals surface area contributed by atoms with E-state index in [1.807, 2.05) is 20.8 Å². The normalized spacial score (nSPS) is 14.0. The van der Waals surface area contributed by atoms with Gasteiger partial charge in [0.1, 0.15) is 0 Å². The van der Waals surface area contributed by atoms with Gasteiger partial charge >= 0.3 is 6.01 Å². The number of nitrogens with zero attached hydrogens (tertiary/aromatic N) is 3. The van der Waals surface area contributed by atoms with Gasteiger partial charge in [-0.05, 0) is 20.8 Å². The molecule has 0 aliphatic rings. The molecule has 2 unspecified atom stereocenters. The lowest BCUT2D eigenvalue weighted by Crippen LogP contribution is -2.22. The van der Waals surface area contributed by atoms with Crippen molar-refractivity contribution in [3.8, 4) is 6.01 Å². The zero-order valence-electron chi connectivity index (χ0n) is 11.9. The zero-order chi connectivity index (χ0) is 14.4. The van der Waals surface area contributed by atoms with Crippen LogP contribution in [-0.4, -0.2) is 50.4 Å². The number of hydrogen-bond acceptors (Lipinski definition) is 7. The fourth-order valence-electron chi connectivity index (χ4n) is 1.16. The number of ether oxygens (including phenoxy) is 1. The van der Waals surface area contributed by atoms with Gasteiger partial charge < -0.3 is 15.4 Å². The largest absolute Gasteiger partial charge is 0.461 e. The molecule has 1 rings (SSSR count). The summed E-state index contributed by atoms with van der Waals surface area (Å²) >= 11 is 0. The van der Waals surface area contributed by atoms with Crippen LogP contribution in [0.3, 0.4) is 0 Å². The molecule has 0 saturated heterocycles. The highest BCUT2D eigenvalue weighted by Crippen LogP contribution is 2.12. The molecule has 0 aromatic carbocycles. The Bertz CT molecular complexity index is 441. The number of hydrogen-bond donors (Lipinski definition) is 2. The van der Waals surface area contributed by atoms with Crippen LogP contribution in [0, 0.1) is 0 Å². The lowest BCUT2D eigenvalue weighted by Gasteiger charge is -2.12. The van der Waals surface area contributed by atoms with Crippen LogP contribution in [0.5, 0.6) is 6.01 Å². The van der Waals surface area contributed by atoms with Crippen molar-refractivity contribution < 1.29 is 8.95 Å². The van der Waals surface area contributed by atoms with Crippen molar-refractivity contribution >= 4 is 22.7 Å². The van der Waals surface area contributed by atoms with Crippen molar-refractivity contribution in [3.63, 3.8) is 0 Å². The van der Waals surface area contributed by atoms with E-state index in [0.717, 1.165) is 0 Å². The van der Waals surface area contributed by atoms with E-state index in [-0.39, 0.29) is 17.4 Å². The minimum atomic E-state index is -0.886. The Morgan fingerprint density at radius 3 is 2.37 bits per heavy atom. The van der Waals surface area contributed by atoms with Gasteiger partial charge in [0.15, 0.2) is 0 Å². The van der Waals surface area contributed by atoms with E-state index in [1.54, 1.807) is 13.3 Å². The van der Waals surface area contributed by atoms with Gasteiger partial charge in [0.25, 0.3) is 0 Å². The highest BCUT2D eigenvalue weighted by atomic mass is 32.2. The van der Waals surface area contributed by atoms with E-state index in [9.17, 15) is 4.21 Å². The van der Waals surface area contributed by atoms with E-state index >= 15 is 0 Å². The van der Waals surface area contributed by atoms with Crippen LogP contribution in [0.4, 0.5) is 11.9 Å². The van der Waals surface area contributed by atoms with E-state index < -0.39 is 10.8 Å². The first kappa shape index (κ1) is 15.6. The van der Waals surface area contributed by atoms with E-state index in [2.05, 4.69) is 25.6 Å². The van der Waals surface area contributed by atoms with Crippen LogP contribution in [0.15, 0.2) is 0 Å². The fraction of sp³-hybridized carbons (Fsp3) is 0.727. The monoisotopic (exact) mass is 287 g/mol. The summed E-state index contributed by atoms with van der Waals surface area (Å²) in [7, 11) is 0.838. The van der Waals surface area contributed by atoms with Gasteiger partial charge in [0.05, 0.1) is 6.10 Å². The molecule has 1 aromatic heterocycles. The van der Waals surface area contributed by atoms with Gasteiger partial charge in [-0.15, -0.1) is 0 Å². The van der Waals surface area contributed by atoms with Crippen molar-refractivity contribution in [1.29, 1.82) is 0 Å². The van der Waals surface area contributed by atoms with Gasteiger partial charge in [-0.25, -0.2) is 0 Å². The number of nitrogens with one attached hydrogen (secondary N) is 2. The third kappa shape index (κ3) is 5.37. The van der Waals surface area contributed by atoms with Crippen molar-refractivity contribution in [2.75, 3.05) is 30.5 Å². The van der Waals surface area contributed by atoms with Crippen LogP contribution in [0.25, 0.3) is 0 Å². The van der Waals surface area contributed by atoms with E-state index in [0.29, 0.717) is 18.4 Å². The highest BCUT2D eigenvalue weighted by molar-refractivity contribution is 7.84. The van der Waals surface area contributed by atoms with Crippen LogP contribution in [0.1, 0.15) is 20.8 Å². The first-order valence-electron chi connectivity index (χ1n) is 6.09. The van der Waals surface area contributed by atoms with Gasteiger partial charge in [-0.3, -0.25) is 4.21 Å². The maximum atomic E-state index is 11.3. The quantitative estimate of drug-likeness (QED) is 0.769. The highest BCUT2D eigenvalue weighted by Gasteiger charge is 2.10. The fourth-order valence-corrected chi connectivity index (χ4v) is 1.48. The summed E-state index contributed by atoms with van der Waals surface area (Å²) in [4.78, 5) is 12.4. The summed E-state index contributed by atoms with van der Waals surface area (Å²) in [6.45, 7) is 6.22. The lowest BCUT2D eigenvalue weighted by atomic mass is 10.5. The topological polar surface area (TPSA) is 89.0 Å². The number of aromatic nitrogens is 3. The van der Waals surface area contributed by atoms with Gasteiger partial charge in [-0.1, -0.05) is 0 Å². The Kier molecular flexibility index (Phi) is 5.94. The molecule has 0 spiro atoms. The molecule has 0 aliphatic heterocycles. The molecule has 0 bridgehead atoms. The Labute approximate surface area is 116 Å². The van der Waals surface area contributed by atoms with E-state index in [4.69, 9.17) is 4.74 Å². The molecule has 0 saturated carbocycles. The molecule has 8 heteroatoms. The predicted octanol–water partition coefficient (Wildman–Crippen LogP) is 0.879. The summed E-state index contributed by atoms with van der Waals surface area (Å²) in [6.07, 6.45) is 1.66. The van der Waals surface area contributed by atoms with Gasteiger partial charge in [0, 0.05) is 35.9 Å². The Balaban J connectivity index is 2.79. The second-order valence-corrected chi connectivity index (χ2v) is 6.17. The Morgan fingerprint density at radius 2 is 1.84 bits per heavy atom. The lowest BCUT2D eigenvalue weighted by molar-refractivity contribution is 0.222. The third-order valence-electron chi connectivity index (χ3n) is 2.29. The number of anilines is 2. The van der Waals surface area contributed by atoms with Crippen LogP contribution in [-0.2, 0) is 10.8 Å². The average molecular weight is 287 g/mol. The average Bonchev–Trinajstić information content (AvgIpc) is 2.34. The Morgan fingerprint density at radius 1 is 1.21 bits per heavy atom. The van der Waals surface area contributed by atoms with Crippen molar-refractivity contribution in [2.24, 2.45) is 0 Å². The van der Waals surface area contributed by atoms with Crippen LogP contribution < -0.4 is 15.4 Å². The predicted molar refractivity (Wildman–Crippen MR) is 77.2 cm³/mol. The summed E-state index contributed by atoms with van der Waals surface area (Å²) < 4.78 is 16.7. The molecule has 1 aromatic rings. The first-order chi connectivity index (χ1) is 8.92. The molecule has 2 N–H and O–H groups in total. The maximum absolute atomic E-state index is 11.3. The Hall–Kier alpha value is -1.44. The van der Waals surface area contributed by atoms with Gasteiger partial charge in [0.2, 0.25) is 11.9 Å². The smallest absolute Gasteiger partial charge is 0.323 e. The molecule has 0 radical (unpaired) electrons. The minimum Gasteiger partial charge on any atom is -0.461 e. The van der Waals surface area contributed by atoms with Crippen molar-refractivity contribution in [1.82, 2.24) is 15.0 Å². The number of rotatable bonds is 7. The van der Waals surface area contributed by atoms with Crippen molar-refractivity contribution in [3.05, 3.63) is 0 Å². The third-order valence-corrected chi connectivity index (χ3v) is 3.59. The zero-order valence-corrected chi connectivity index (χ0v) is 12.7. The van der Waals surface area contributed by atoms with Crippen LogP contribution >= 0.6 is 0 Å². The van der Waals surface area contributed by atoms with Gasteiger partial charge in [-0.2, -0.15) is 15.0 Å². The summed E-state index contributed by atoms with van der Waals surface area (Å²) in [5.41, 5.74) is 0. The standard InChI is InChI=1S/C11H21N5O2S/c1-7(2)18-11-15-9(12-4)14-10(16-11)13-6-8(3)19(5)17/h7-8H,6H2,1-5H3,(H2,12,13,14,15,16). The molecule has 0 amide bonds. The second kappa shape index (κ2) is 7.22. The van der Waals surface area contributed by atoms with E-state index in [1.165, 1.54) is 0 Å². The molecular weight excluding hydrogens is 266 g/mol. The molecule has 108 valence electrons. The summed E-state index contributed by atoms with van der Waals surface area (Å²) in [6, 6.07) is 0.266. The molecule has 0 aliphatic carbocycles. The molecule has 7 nitrogen and oxygen atoms in total. The van der Waals surface area contributed by atoms with Crippen LogP contribution in [0.2, 0.25) is 0 Å². The van der Waals surface area contributed by atoms with Crippen molar-refractivity contribution in [2.45, 2.75) is 32.1 Å². The SMILES string of the molecule is CNc1nc(NCC(C)S(C)=O)nc(OC(C)C)n1. The second-order valence-electron chi connectivity index (χ2n) is 4.37. The molecule has 1 heterocycles. The molecule has 0 fully saturated rings. The minimum absolute atomic E-state index is 0.0120. The molecular formula is C11H21N5O2S.